The Morgan fingerprint density at radius 1 is 1.62 bits per heavy atom. The zero-order valence-electron chi connectivity index (χ0n) is 9.10. The molecule has 0 bridgehead atoms. The van der Waals surface area contributed by atoms with Crippen molar-refractivity contribution in [1.29, 1.82) is 0 Å². The van der Waals surface area contributed by atoms with Crippen LogP contribution < -0.4 is 5.32 Å². The molecule has 1 N–H and O–H groups in total. The summed E-state index contributed by atoms with van der Waals surface area (Å²) in [5.41, 5.74) is 0.453. The van der Waals surface area contributed by atoms with Gasteiger partial charge in [0.25, 0.3) is 5.91 Å². The molecule has 6 heteroatoms. The van der Waals surface area contributed by atoms with Crippen molar-refractivity contribution in [1.82, 2.24) is 20.0 Å². The number of hydrogen-bond donors (Lipinski definition) is 1. The maximum atomic E-state index is 11.7. The Labute approximate surface area is 92.3 Å². The van der Waals surface area contributed by atoms with Gasteiger partial charge in [-0.2, -0.15) is 0 Å². The highest BCUT2D eigenvalue weighted by Crippen LogP contribution is 2.05. The van der Waals surface area contributed by atoms with E-state index in [0.717, 1.165) is 5.82 Å². The average molecular weight is 220 g/mol. The van der Waals surface area contributed by atoms with Crippen molar-refractivity contribution in [3.05, 3.63) is 35.7 Å². The molecule has 0 saturated carbocycles. The Morgan fingerprint density at radius 2 is 2.44 bits per heavy atom. The van der Waals surface area contributed by atoms with Gasteiger partial charge in [-0.25, -0.2) is 4.98 Å². The van der Waals surface area contributed by atoms with Gasteiger partial charge in [0.15, 0.2) is 0 Å². The Kier molecular flexibility index (Phi) is 2.72. The Balaban J connectivity index is 1.99. The molecule has 0 aliphatic carbocycles. The van der Waals surface area contributed by atoms with Crippen LogP contribution in [-0.2, 0) is 13.6 Å². The van der Waals surface area contributed by atoms with E-state index in [9.17, 15) is 4.79 Å². The molecule has 0 unspecified atom stereocenters. The molecule has 0 aliphatic rings. The summed E-state index contributed by atoms with van der Waals surface area (Å²) < 4.78 is 6.66. The molecule has 0 aliphatic heterocycles. The van der Waals surface area contributed by atoms with E-state index in [1.54, 1.807) is 13.1 Å². The van der Waals surface area contributed by atoms with Gasteiger partial charge in [-0.05, 0) is 6.92 Å². The molecule has 0 radical (unpaired) electrons. The molecule has 0 fully saturated rings. The second-order valence-corrected chi connectivity index (χ2v) is 3.43. The fraction of sp³-hybridized carbons (Fsp3) is 0.300. The number of aryl methyl sites for hydroxylation is 2. The summed E-state index contributed by atoms with van der Waals surface area (Å²) >= 11 is 0. The van der Waals surface area contributed by atoms with Crippen LogP contribution in [0.3, 0.4) is 0 Å². The number of nitrogens with one attached hydrogen (secondary N) is 1. The molecule has 2 aromatic heterocycles. The van der Waals surface area contributed by atoms with Gasteiger partial charge in [0.2, 0.25) is 0 Å². The SMILES string of the molecule is Cc1oncc1C(=O)NCc1nccn1C. The summed E-state index contributed by atoms with van der Waals surface area (Å²) in [6.07, 6.45) is 4.92. The second kappa shape index (κ2) is 4.18. The molecule has 16 heavy (non-hydrogen) atoms. The maximum absolute atomic E-state index is 11.7. The molecule has 2 aromatic rings. The lowest BCUT2D eigenvalue weighted by atomic mass is 10.2. The van der Waals surface area contributed by atoms with Gasteiger partial charge < -0.3 is 14.4 Å². The summed E-state index contributed by atoms with van der Waals surface area (Å²) in [4.78, 5) is 15.8. The molecule has 0 spiro atoms. The molecule has 2 rings (SSSR count). The van der Waals surface area contributed by atoms with E-state index in [1.807, 2.05) is 17.8 Å². The van der Waals surface area contributed by atoms with Crippen molar-refractivity contribution < 1.29 is 9.32 Å². The molecule has 0 aromatic carbocycles. The fourth-order valence-corrected chi connectivity index (χ4v) is 1.34. The monoisotopic (exact) mass is 220 g/mol. The van der Waals surface area contributed by atoms with Crippen molar-refractivity contribution in [2.45, 2.75) is 13.5 Å². The van der Waals surface area contributed by atoms with Gasteiger partial charge in [-0.1, -0.05) is 5.16 Å². The van der Waals surface area contributed by atoms with Gasteiger partial charge in [0.1, 0.15) is 17.1 Å². The quantitative estimate of drug-likeness (QED) is 0.824. The highest BCUT2D eigenvalue weighted by molar-refractivity contribution is 5.94. The van der Waals surface area contributed by atoms with Gasteiger partial charge in [-0.3, -0.25) is 4.79 Å². The third kappa shape index (κ3) is 1.95. The first-order valence-corrected chi connectivity index (χ1v) is 4.84. The van der Waals surface area contributed by atoms with Crippen LogP contribution in [-0.4, -0.2) is 20.6 Å². The number of carbonyl (C=O) groups excluding carboxylic acids is 1. The first kappa shape index (κ1) is 10.4. The predicted octanol–water partition coefficient (Wildman–Crippen LogP) is 0.647. The summed E-state index contributed by atoms with van der Waals surface area (Å²) in [7, 11) is 1.87. The molecule has 0 saturated heterocycles. The van der Waals surface area contributed by atoms with Crippen LogP contribution in [0.15, 0.2) is 23.1 Å². The minimum atomic E-state index is -0.207. The first-order chi connectivity index (χ1) is 7.68. The van der Waals surface area contributed by atoms with Gasteiger partial charge in [0.05, 0.1) is 12.7 Å². The lowest BCUT2D eigenvalue weighted by Crippen LogP contribution is -2.24. The Bertz CT molecular complexity index is 500. The summed E-state index contributed by atoms with van der Waals surface area (Å²) in [5, 5.41) is 6.30. The summed E-state index contributed by atoms with van der Waals surface area (Å²) in [6.45, 7) is 2.08. The zero-order valence-corrected chi connectivity index (χ0v) is 9.10. The van der Waals surface area contributed by atoms with Crippen molar-refractivity contribution in [3.63, 3.8) is 0 Å². The molecular weight excluding hydrogens is 208 g/mol. The van der Waals surface area contributed by atoms with E-state index in [2.05, 4.69) is 15.5 Å². The predicted molar refractivity (Wildman–Crippen MR) is 55.6 cm³/mol. The van der Waals surface area contributed by atoms with Crippen LogP contribution in [0.5, 0.6) is 0 Å². The largest absolute Gasteiger partial charge is 0.361 e. The van der Waals surface area contributed by atoms with Gasteiger partial charge in [0, 0.05) is 19.4 Å². The number of imidazole rings is 1. The van der Waals surface area contributed by atoms with Crippen molar-refractivity contribution in [2.24, 2.45) is 7.05 Å². The molecule has 6 nitrogen and oxygen atoms in total. The minimum absolute atomic E-state index is 0.207. The summed E-state index contributed by atoms with van der Waals surface area (Å²) in [5.74, 6) is 1.10. The highest BCUT2D eigenvalue weighted by Gasteiger charge is 2.12. The van der Waals surface area contributed by atoms with Gasteiger partial charge >= 0.3 is 0 Å². The average Bonchev–Trinajstić information content (AvgIpc) is 2.84. The van der Waals surface area contributed by atoms with E-state index in [0.29, 0.717) is 17.9 Å². The molecule has 2 heterocycles. The maximum Gasteiger partial charge on any atom is 0.256 e. The first-order valence-electron chi connectivity index (χ1n) is 4.84. The smallest absolute Gasteiger partial charge is 0.256 e. The van der Waals surface area contributed by atoms with Crippen LogP contribution in [0.1, 0.15) is 21.9 Å². The van der Waals surface area contributed by atoms with E-state index in [4.69, 9.17) is 4.52 Å². The lowest BCUT2D eigenvalue weighted by molar-refractivity contribution is 0.0948. The third-order valence-corrected chi connectivity index (χ3v) is 2.32. The van der Waals surface area contributed by atoms with Crippen LogP contribution in [0, 0.1) is 6.92 Å². The second-order valence-electron chi connectivity index (χ2n) is 3.43. The van der Waals surface area contributed by atoms with E-state index in [1.165, 1.54) is 6.20 Å². The number of rotatable bonds is 3. The number of amides is 1. The lowest BCUT2D eigenvalue weighted by Gasteiger charge is -2.03. The topological polar surface area (TPSA) is 73.0 Å². The molecule has 1 amide bonds. The van der Waals surface area contributed by atoms with Crippen molar-refractivity contribution >= 4 is 5.91 Å². The van der Waals surface area contributed by atoms with Crippen molar-refractivity contribution in [2.75, 3.05) is 0 Å². The number of aromatic nitrogens is 3. The van der Waals surface area contributed by atoms with Gasteiger partial charge in [-0.15, -0.1) is 0 Å². The molecule has 84 valence electrons. The number of hydrogen-bond acceptors (Lipinski definition) is 4. The van der Waals surface area contributed by atoms with Crippen LogP contribution >= 0.6 is 0 Å². The van der Waals surface area contributed by atoms with Crippen LogP contribution in [0.2, 0.25) is 0 Å². The normalized spacial score (nSPS) is 10.4. The Hall–Kier alpha value is -2.11. The zero-order chi connectivity index (χ0) is 11.5. The standard InChI is InChI=1S/C10H12N4O2/c1-7-8(5-13-16-7)10(15)12-6-9-11-3-4-14(9)2/h3-5H,6H2,1-2H3,(H,12,15). The third-order valence-electron chi connectivity index (χ3n) is 2.32. The Morgan fingerprint density at radius 3 is 3.00 bits per heavy atom. The number of nitrogens with zero attached hydrogens (tertiary/aromatic N) is 3. The molecule has 0 atom stereocenters. The van der Waals surface area contributed by atoms with E-state index in [-0.39, 0.29) is 5.91 Å². The summed E-state index contributed by atoms with van der Waals surface area (Å²) in [6, 6.07) is 0. The molecular formula is C10H12N4O2. The van der Waals surface area contributed by atoms with Crippen LogP contribution in [0.4, 0.5) is 0 Å². The van der Waals surface area contributed by atoms with Crippen molar-refractivity contribution in [3.8, 4) is 0 Å². The van der Waals surface area contributed by atoms with Crippen LogP contribution in [0.25, 0.3) is 0 Å². The van der Waals surface area contributed by atoms with E-state index >= 15 is 0 Å². The van der Waals surface area contributed by atoms with E-state index < -0.39 is 0 Å². The highest BCUT2D eigenvalue weighted by atomic mass is 16.5. The fourth-order valence-electron chi connectivity index (χ4n) is 1.34. The number of carbonyl (C=O) groups is 1. The minimum Gasteiger partial charge on any atom is -0.361 e.